The molecule has 0 atom stereocenters. The lowest BCUT2D eigenvalue weighted by Gasteiger charge is -2.53. The first-order valence-corrected chi connectivity index (χ1v) is 32.3. The molecule has 6 aliphatic heterocycles. The highest BCUT2D eigenvalue weighted by Crippen LogP contribution is 2.45. The lowest BCUT2D eigenvalue weighted by atomic mass is 9.78. The predicted molar refractivity (Wildman–Crippen MR) is 334 cm³/mol. The molecule has 0 aromatic rings. The van der Waals surface area contributed by atoms with Crippen LogP contribution < -0.4 is 0 Å². The van der Waals surface area contributed by atoms with Crippen LogP contribution in [0.2, 0.25) is 0 Å². The quantitative estimate of drug-likeness (QED) is 0.0832. The Morgan fingerprint density at radius 2 is 0.420 bits per heavy atom. The third-order valence-corrected chi connectivity index (χ3v) is 21.2. The highest BCUT2D eigenvalue weighted by atomic mass is 16.6. The Labute approximate surface area is 528 Å². The van der Waals surface area contributed by atoms with Crippen LogP contribution in [0.1, 0.15) is 256 Å². The van der Waals surface area contributed by atoms with Crippen molar-refractivity contribution in [3.8, 4) is 0 Å². The van der Waals surface area contributed by atoms with Gasteiger partial charge in [0.25, 0.3) is 0 Å². The van der Waals surface area contributed by atoms with Gasteiger partial charge in [0.05, 0.1) is 12.8 Å². The van der Waals surface area contributed by atoms with Gasteiger partial charge in [-0.15, -0.1) is 0 Å². The highest BCUT2D eigenvalue weighted by Gasteiger charge is 2.53. The van der Waals surface area contributed by atoms with Crippen molar-refractivity contribution in [1.29, 1.82) is 0 Å². The number of nitrogens with zero attached hydrogens (tertiary/aromatic N) is 6. The van der Waals surface area contributed by atoms with E-state index in [1.165, 1.54) is 15.2 Å². The number of hydrogen-bond acceptors (Lipinski definition) is 21. The zero-order valence-corrected chi connectivity index (χ0v) is 59.4. The van der Waals surface area contributed by atoms with E-state index < -0.39 is 112 Å². The van der Waals surface area contributed by atoms with Crippen LogP contribution in [-0.2, 0) is 57.2 Å². The minimum atomic E-state index is -1.56. The molecule has 88 heavy (non-hydrogen) atoms. The SMILES string of the molecule is CC1(C)CC(OC(=O)CC(C(=O)OC2CC(C)(C)N(O)C(C)(C)C2)C(=O)OC2CC(C)(C)N(O)C(C)(C)C2)CC(C)(C)N1O.CN1C(C)(C)CC(OC(=O)CC(C(=O)OC2CC(C)(C)N(C)C(C)(C)C2)C(=O)OC2CC(C)(C)N(C)C(C)(C)C2)CC1(C)C. The van der Waals surface area contributed by atoms with E-state index in [0.717, 1.165) is 0 Å². The van der Waals surface area contributed by atoms with Gasteiger partial charge in [0.1, 0.15) is 36.6 Å². The van der Waals surface area contributed by atoms with Crippen LogP contribution in [0.4, 0.5) is 0 Å². The summed E-state index contributed by atoms with van der Waals surface area (Å²) in [5.41, 5.74) is -5.29. The zero-order chi connectivity index (χ0) is 67.7. The Morgan fingerprint density at radius 1 is 0.284 bits per heavy atom. The number of ether oxygens (including phenoxy) is 6. The zero-order valence-electron chi connectivity index (χ0n) is 59.4. The molecule has 0 bridgehead atoms. The van der Waals surface area contributed by atoms with Gasteiger partial charge in [0.15, 0.2) is 11.8 Å². The van der Waals surface area contributed by atoms with Crippen molar-refractivity contribution in [1.82, 2.24) is 29.9 Å². The molecule has 0 aromatic carbocycles. The summed E-state index contributed by atoms with van der Waals surface area (Å²) in [6.07, 6.45) is 2.09. The van der Waals surface area contributed by atoms with E-state index >= 15 is 0 Å². The molecule has 6 saturated heterocycles. The molecule has 0 unspecified atom stereocenters. The number of hydrogen-bond donors (Lipinski definition) is 3. The molecular weight excluding hydrogens is 1130 g/mol. The molecule has 0 radical (unpaired) electrons. The first-order valence-electron chi connectivity index (χ1n) is 32.3. The van der Waals surface area contributed by atoms with E-state index in [-0.39, 0.29) is 51.5 Å². The Bertz CT molecular complexity index is 2150. The Kier molecular flexibility index (Phi) is 22.0. The monoisotopic (exact) mass is 1250 g/mol. The maximum Gasteiger partial charge on any atom is 0.321 e. The van der Waals surface area contributed by atoms with Crippen LogP contribution in [0.25, 0.3) is 0 Å². The number of likely N-dealkylation sites (tertiary alicyclic amines) is 3. The molecule has 6 fully saturated rings. The Hall–Kier alpha value is -3.54. The largest absolute Gasteiger partial charge is 0.462 e. The second kappa shape index (κ2) is 25.7. The summed E-state index contributed by atoms with van der Waals surface area (Å²) in [7, 11) is 6.27. The summed E-state index contributed by atoms with van der Waals surface area (Å²) in [4.78, 5) is 88.7. The maximum absolute atomic E-state index is 13.8. The van der Waals surface area contributed by atoms with Crippen molar-refractivity contribution in [3.63, 3.8) is 0 Å². The summed E-state index contributed by atoms with van der Waals surface area (Å²) in [6.45, 7) is 47.8. The van der Waals surface area contributed by atoms with Crippen LogP contribution in [0.5, 0.6) is 0 Å². The van der Waals surface area contributed by atoms with Gasteiger partial charge in [-0.3, -0.25) is 43.5 Å². The molecule has 3 N–H and O–H groups in total. The summed E-state index contributed by atoms with van der Waals surface area (Å²) < 4.78 is 35.7. The molecule has 6 rings (SSSR count). The van der Waals surface area contributed by atoms with Gasteiger partial charge in [-0.2, -0.15) is 15.2 Å². The number of esters is 6. The molecule has 0 saturated carbocycles. The smallest absolute Gasteiger partial charge is 0.321 e. The van der Waals surface area contributed by atoms with E-state index in [1.54, 1.807) is 0 Å². The van der Waals surface area contributed by atoms with Gasteiger partial charge in [-0.1, -0.05) is 0 Å². The van der Waals surface area contributed by atoms with Crippen LogP contribution in [0.3, 0.4) is 0 Å². The normalized spacial score (nSPS) is 27.5. The molecule has 0 aromatic heterocycles. The van der Waals surface area contributed by atoms with Crippen molar-refractivity contribution in [2.45, 2.75) is 359 Å². The molecule has 21 nitrogen and oxygen atoms in total. The highest BCUT2D eigenvalue weighted by molar-refractivity contribution is 5.99. The standard InChI is InChI=1S/C35H63N3O6.C32H57N3O9/c1-30(2)17-23(18-31(3,4)36(30)13)42-27(39)16-26(28(40)43-24-19-32(5,6)37(14)33(7,8)20-24)29(41)44-25-21-34(9,10)38(15)35(11,12)22-25;1-27(2)14-20(15-28(3,4)33(27)39)42-24(36)13-23(25(37)43-21-16-29(5,6)34(40)30(7,8)17-21)26(38)44-22-18-31(9,10)35(41)32(11,12)19-22/h23-26H,16-22H2,1-15H3;20-23,39-41H,13-19H2,1-12H3. The van der Waals surface area contributed by atoms with Crippen molar-refractivity contribution in [2.75, 3.05) is 21.1 Å². The first kappa shape index (κ1) is 75.2. The van der Waals surface area contributed by atoms with Gasteiger partial charge < -0.3 is 44.0 Å². The van der Waals surface area contributed by atoms with E-state index in [1.807, 2.05) is 83.1 Å². The number of carbonyl (C=O) groups excluding carboxylic acids is 6. The second-order valence-electron chi connectivity index (χ2n) is 34.8. The van der Waals surface area contributed by atoms with E-state index in [2.05, 4.69) is 119 Å². The van der Waals surface area contributed by atoms with Crippen LogP contribution in [0.15, 0.2) is 0 Å². The fourth-order valence-electron chi connectivity index (χ4n) is 16.2. The summed E-state index contributed by atoms with van der Waals surface area (Å²) in [6, 6.07) is 0. The molecule has 0 amide bonds. The molecule has 0 aliphatic carbocycles. The van der Waals surface area contributed by atoms with E-state index in [0.29, 0.717) is 77.0 Å². The van der Waals surface area contributed by atoms with Gasteiger partial charge >= 0.3 is 35.8 Å². The number of piperidine rings is 6. The molecule has 508 valence electrons. The average Bonchev–Trinajstić information content (AvgIpc) is 2.03. The first-order chi connectivity index (χ1) is 39.4. The van der Waals surface area contributed by atoms with Crippen LogP contribution in [0, 0.1) is 11.8 Å². The third kappa shape index (κ3) is 17.6. The summed E-state index contributed by atoms with van der Waals surface area (Å²) >= 11 is 0. The van der Waals surface area contributed by atoms with Gasteiger partial charge in [-0.05, 0) is 187 Å². The lowest BCUT2D eigenvalue weighted by molar-refractivity contribution is -0.262. The number of hydroxylamine groups is 6. The minimum absolute atomic E-state index is 0.175. The second-order valence-corrected chi connectivity index (χ2v) is 34.8. The topological polar surface area (TPSA) is 238 Å². The Morgan fingerprint density at radius 3 is 0.580 bits per heavy atom. The van der Waals surface area contributed by atoms with Crippen molar-refractivity contribution < 1.29 is 72.8 Å². The van der Waals surface area contributed by atoms with Crippen LogP contribution in [-0.4, -0.2) is 206 Å². The van der Waals surface area contributed by atoms with Crippen molar-refractivity contribution >= 4 is 35.8 Å². The van der Waals surface area contributed by atoms with Crippen molar-refractivity contribution in [3.05, 3.63) is 0 Å². The fraction of sp³-hybridized carbons (Fsp3) is 0.910. The molecule has 21 heteroatoms. The van der Waals surface area contributed by atoms with E-state index in [4.69, 9.17) is 28.4 Å². The fourth-order valence-corrected chi connectivity index (χ4v) is 16.2. The molecular formula is C67H120N6O15. The van der Waals surface area contributed by atoms with Crippen LogP contribution >= 0.6 is 0 Å². The summed E-state index contributed by atoms with van der Waals surface area (Å²) in [5, 5.41) is 35.8. The van der Waals surface area contributed by atoms with E-state index in [9.17, 15) is 44.4 Å². The minimum Gasteiger partial charge on any atom is -0.462 e. The van der Waals surface area contributed by atoms with Crippen molar-refractivity contribution in [2.24, 2.45) is 11.8 Å². The van der Waals surface area contributed by atoms with Gasteiger partial charge in [0, 0.05) is 144 Å². The maximum atomic E-state index is 13.8. The van der Waals surface area contributed by atoms with Gasteiger partial charge in [0.2, 0.25) is 0 Å². The van der Waals surface area contributed by atoms with Gasteiger partial charge in [-0.25, -0.2) is 0 Å². The molecule has 6 heterocycles. The molecule has 0 spiro atoms. The predicted octanol–water partition coefficient (Wildman–Crippen LogP) is 10.4. The third-order valence-electron chi connectivity index (χ3n) is 21.2. The number of rotatable bonds is 14. The number of carbonyl (C=O) groups is 6. The Balaban J connectivity index is 0.000000321. The molecule has 6 aliphatic rings. The average molecular weight is 1250 g/mol. The summed E-state index contributed by atoms with van der Waals surface area (Å²) in [5.74, 6) is -7.41. The lowest BCUT2D eigenvalue weighted by Crippen LogP contribution is -2.61.